The van der Waals surface area contributed by atoms with Crippen molar-refractivity contribution in [2.75, 3.05) is 18.8 Å². The van der Waals surface area contributed by atoms with Gasteiger partial charge in [-0.3, -0.25) is 4.79 Å². The molecule has 0 spiro atoms. The molecule has 1 aromatic rings. The lowest BCUT2D eigenvalue weighted by atomic mass is 10.0. The second-order valence-corrected chi connectivity index (χ2v) is 7.37. The lowest BCUT2D eigenvalue weighted by molar-refractivity contribution is -0.128. The van der Waals surface area contributed by atoms with Gasteiger partial charge >= 0.3 is 0 Å². The first-order valence-electron chi connectivity index (χ1n) is 8.73. The van der Waals surface area contributed by atoms with Gasteiger partial charge in [0.2, 0.25) is 5.91 Å². The Balaban J connectivity index is 1.46. The molecule has 1 unspecified atom stereocenters. The summed E-state index contributed by atoms with van der Waals surface area (Å²) in [5.41, 5.74) is 2.23. The van der Waals surface area contributed by atoms with Gasteiger partial charge in [0, 0.05) is 31.3 Å². The quantitative estimate of drug-likeness (QED) is 0.826. The predicted octanol–water partition coefficient (Wildman–Crippen LogP) is 3.56. The standard InChI is InChI=1S/C18H22N4OS/c23-17(21-11-5-1-2-6-12-21)13-24-18-20-15-8-4-3-7-14(15)16-9-10-19-22(16)18/h3-4,7-8,10,16H,1-2,5-6,9,11-13H2. The first kappa shape index (κ1) is 15.7. The number of aliphatic imine (C=N–C) groups is 1. The molecule has 3 aliphatic rings. The summed E-state index contributed by atoms with van der Waals surface area (Å²) in [5.74, 6) is 0.669. The molecule has 4 rings (SSSR count). The number of hydrogen-bond acceptors (Lipinski definition) is 5. The van der Waals surface area contributed by atoms with E-state index < -0.39 is 0 Å². The third kappa shape index (κ3) is 3.07. The van der Waals surface area contributed by atoms with Crippen molar-refractivity contribution in [2.45, 2.75) is 38.1 Å². The summed E-state index contributed by atoms with van der Waals surface area (Å²) < 4.78 is 0. The summed E-state index contributed by atoms with van der Waals surface area (Å²) in [6.45, 7) is 1.80. The van der Waals surface area contributed by atoms with E-state index in [9.17, 15) is 4.79 Å². The highest BCUT2D eigenvalue weighted by atomic mass is 32.2. The molecule has 126 valence electrons. The minimum absolute atomic E-state index is 0.225. The number of para-hydroxylation sites is 1. The van der Waals surface area contributed by atoms with Gasteiger partial charge in [-0.25, -0.2) is 10.0 Å². The predicted molar refractivity (Wildman–Crippen MR) is 98.7 cm³/mol. The van der Waals surface area contributed by atoms with Crippen LogP contribution in [0.1, 0.15) is 43.7 Å². The summed E-state index contributed by atoms with van der Waals surface area (Å²) in [7, 11) is 0. The maximum absolute atomic E-state index is 12.5. The molecule has 5 nitrogen and oxygen atoms in total. The molecular formula is C18H22N4OS. The Morgan fingerprint density at radius 2 is 1.96 bits per heavy atom. The van der Waals surface area contributed by atoms with Crippen LogP contribution in [0, 0.1) is 0 Å². The number of hydrazone groups is 1. The molecule has 3 heterocycles. The third-order valence-electron chi connectivity index (χ3n) is 4.82. The zero-order chi connectivity index (χ0) is 16.4. The minimum atomic E-state index is 0.225. The summed E-state index contributed by atoms with van der Waals surface area (Å²) in [4.78, 5) is 19.3. The lowest BCUT2D eigenvalue weighted by Gasteiger charge is -2.30. The summed E-state index contributed by atoms with van der Waals surface area (Å²) in [6.07, 6.45) is 7.58. The minimum Gasteiger partial charge on any atom is -0.342 e. The lowest BCUT2D eigenvalue weighted by Crippen LogP contribution is -2.35. The molecule has 0 radical (unpaired) electrons. The summed E-state index contributed by atoms with van der Waals surface area (Å²) >= 11 is 1.52. The number of amidine groups is 1. The van der Waals surface area contributed by atoms with Gasteiger partial charge in [0.25, 0.3) is 0 Å². The molecule has 24 heavy (non-hydrogen) atoms. The number of nitrogens with zero attached hydrogens (tertiary/aromatic N) is 4. The molecule has 1 aromatic carbocycles. The van der Waals surface area contributed by atoms with E-state index in [-0.39, 0.29) is 11.9 Å². The van der Waals surface area contributed by atoms with E-state index in [0.717, 1.165) is 43.2 Å². The Labute approximate surface area is 146 Å². The maximum Gasteiger partial charge on any atom is 0.233 e. The first-order valence-corrected chi connectivity index (χ1v) is 9.71. The van der Waals surface area contributed by atoms with Crippen molar-refractivity contribution < 1.29 is 4.79 Å². The SMILES string of the molecule is O=C(CSC1=Nc2ccccc2C2CC=NN12)N1CCCCCC1. The Kier molecular flexibility index (Phi) is 4.56. The summed E-state index contributed by atoms with van der Waals surface area (Å²) in [6, 6.07) is 8.45. The zero-order valence-corrected chi connectivity index (χ0v) is 14.5. The summed E-state index contributed by atoms with van der Waals surface area (Å²) in [5, 5.41) is 7.29. The monoisotopic (exact) mass is 342 g/mol. The number of fused-ring (bicyclic) bond motifs is 3. The Morgan fingerprint density at radius 1 is 1.17 bits per heavy atom. The molecule has 1 amide bonds. The van der Waals surface area contributed by atoms with Crippen LogP contribution in [0.4, 0.5) is 5.69 Å². The number of hydrogen-bond donors (Lipinski definition) is 0. The van der Waals surface area contributed by atoms with Gasteiger partial charge in [0.15, 0.2) is 5.17 Å². The van der Waals surface area contributed by atoms with E-state index in [0.29, 0.717) is 5.75 Å². The van der Waals surface area contributed by atoms with Crippen molar-refractivity contribution in [3.8, 4) is 0 Å². The van der Waals surface area contributed by atoms with E-state index in [1.54, 1.807) is 0 Å². The molecular weight excluding hydrogens is 320 g/mol. The number of carbonyl (C=O) groups excluding carboxylic acids is 1. The normalized spacial score (nSPS) is 22.7. The molecule has 6 heteroatoms. The fourth-order valence-corrected chi connectivity index (χ4v) is 4.42. The molecule has 0 aromatic heterocycles. The number of rotatable bonds is 2. The van der Waals surface area contributed by atoms with Crippen LogP contribution in [0.3, 0.4) is 0 Å². The van der Waals surface area contributed by atoms with Gasteiger partial charge in [-0.1, -0.05) is 42.8 Å². The van der Waals surface area contributed by atoms with Gasteiger partial charge in [-0.2, -0.15) is 5.10 Å². The van der Waals surface area contributed by atoms with E-state index in [2.05, 4.69) is 11.2 Å². The molecule has 0 saturated carbocycles. The first-order chi connectivity index (χ1) is 11.8. The van der Waals surface area contributed by atoms with E-state index in [1.807, 2.05) is 34.3 Å². The van der Waals surface area contributed by atoms with Crippen molar-refractivity contribution in [3.05, 3.63) is 29.8 Å². The fraction of sp³-hybridized carbons (Fsp3) is 0.500. The molecule has 1 saturated heterocycles. The van der Waals surface area contributed by atoms with Crippen LogP contribution in [0.15, 0.2) is 34.4 Å². The fourth-order valence-electron chi connectivity index (χ4n) is 3.52. The van der Waals surface area contributed by atoms with E-state index >= 15 is 0 Å². The Bertz CT molecular complexity index is 679. The molecule has 1 fully saturated rings. The number of benzene rings is 1. The second kappa shape index (κ2) is 6.97. The molecule has 0 bridgehead atoms. The number of carbonyl (C=O) groups is 1. The zero-order valence-electron chi connectivity index (χ0n) is 13.7. The van der Waals surface area contributed by atoms with Crippen molar-refractivity contribution in [1.29, 1.82) is 0 Å². The van der Waals surface area contributed by atoms with Crippen molar-refractivity contribution in [2.24, 2.45) is 10.1 Å². The molecule has 0 N–H and O–H groups in total. The van der Waals surface area contributed by atoms with Crippen LogP contribution < -0.4 is 0 Å². The van der Waals surface area contributed by atoms with E-state index in [4.69, 9.17) is 4.99 Å². The average Bonchev–Trinajstić information content (AvgIpc) is 2.95. The van der Waals surface area contributed by atoms with Crippen molar-refractivity contribution >= 4 is 34.7 Å². The van der Waals surface area contributed by atoms with Crippen molar-refractivity contribution in [3.63, 3.8) is 0 Å². The third-order valence-corrected chi connectivity index (χ3v) is 5.75. The van der Waals surface area contributed by atoms with Gasteiger partial charge in [0.1, 0.15) is 0 Å². The second-order valence-electron chi connectivity index (χ2n) is 6.43. The highest BCUT2D eigenvalue weighted by molar-refractivity contribution is 8.14. The van der Waals surface area contributed by atoms with Gasteiger partial charge in [-0.05, 0) is 18.9 Å². The highest BCUT2D eigenvalue weighted by Gasteiger charge is 2.33. The van der Waals surface area contributed by atoms with Gasteiger partial charge in [0.05, 0.1) is 17.5 Å². The largest absolute Gasteiger partial charge is 0.342 e. The highest BCUT2D eigenvalue weighted by Crippen LogP contribution is 2.40. The van der Waals surface area contributed by atoms with Crippen LogP contribution in [-0.4, -0.2) is 46.0 Å². The average molecular weight is 342 g/mol. The van der Waals surface area contributed by atoms with Crippen LogP contribution >= 0.6 is 11.8 Å². The molecule has 3 aliphatic heterocycles. The molecule has 0 aliphatic carbocycles. The van der Waals surface area contributed by atoms with Gasteiger partial charge < -0.3 is 4.90 Å². The smallest absolute Gasteiger partial charge is 0.233 e. The van der Waals surface area contributed by atoms with Crippen LogP contribution in [0.5, 0.6) is 0 Å². The Hall–Kier alpha value is -1.82. The van der Waals surface area contributed by atoms with Crippen LogP contribution in [0.2, 0.25) is 0 Å². The van der Waals surface area contributed by atoms with Crippen LogP contribution in [0.25, 0.3) is 0 Å². The Morgan fingerprint density at radius 3 is 2.79 bits per heavy atom. The topological polar surface area (TPSA) is 48.3 Å². The number of amides is 1. The molecule has 1 atom stereocenters. The van der Waals surface area contributed by atoms with E-state index in [1.165, 1.54) is 30.2 Å². The van der Waals surface area contributed by atoms with Crippen LogP contribution in [-0.2, 0) is 4.79 Å². The maximum atomic E-state index is 12.5. The number of likely N-dealkylation sites (tertiary alicyclic amines) is 1. The number of thioether (sulfide) groups is 1. The van der Waals surface area contributed by atoms with Gasteiger partial charge in [-0.15, -0.1) is 0 Å². The van der Waals surface area contributed by atoms with Crippen molar-refractivity contribution in [1.82, 2.24) is 9.91 Å².